The zero-order chi connectivity index (χ0) is 24.5. The van der Waals surface area contributed by atoms with Crippen molar-refractivity contribution < 1.29 is 27.5 Å². The first-order valence-electron chi connectivity index (χ1n) is 10.6. The third kappa shape index (κ3) is 4.79. The van der Waals surface area contributed by atoms with Crippen LogP contribution in [0, 0.1) is 5.92 Å². The van der Waals surface area contributed by atoms with Gasteiger partial charge in [-0.15, -0.1) is 0 Å². The number of carbonyl (C=O) groups is 2. The Morgan fingerprint density at radius 1 is 1.03 bits per heavy atom. The molecule has 4 rings (SSSR count). The van der Waals surface area contributed by atoms with E-state index in [4.69, 9.17) is 16.3 Å². The molecule has 2 aromatic carbocycles. The highest BCUT2D eigenvalue weighted by atomic mass is 35.5. The number of methoxy groups -OCH3 is 1. The smallest absolute Gasteiger partial charge is 0.434 e. The number of piperidine rings is 1. The molecule has 0 atom stereocenters. The fourth-order valence-corrected chi connectivity index (χ4v) is 4.19. The van der Waals surface area contributed by atoms with Crippen molar-refractivity contribution in [2.75, 3.05) is 20.2 Å². The van der Waals surface area contributed by atoms with Crippen molar-refractivity contribution in [2.24, 2.45) is 5.92 Å². The van der Waals surface area contributed by atoms with Crippen LogP contribution < -0.4 is 4.74 Å². The molecule has 10 heteroatoms. The number of ketones is 1. The van der Waals surface area contributed by atoms with Gasteiger partial charge in [-0.3, -0.25) is 9.59 Å². The highest BCUT2D eigenvalue weighted by molar-refractivity contribution is 6.30. The molecule has 1 aliphatic heterocycles. The number of rotatable bonds is 5. The molecule has 0 bridgehead atoms. The molecule has 0 N–H and O–H groups in total. The summed E-state index contributed by atoms with van der Waals surface area (Å²) in [5.41, 5.74) is -0.993. The van der Waals surface area contributed by atoms with Gasteiger partial charge in [-0.2, -0.15) is 18.3 Å². The molecule has 1 fully saturated rings. The van der Waals surface area contributed by atoms with Crippen LogP contribution in [-0.2, 0) is 6.18 Å². The lowest BCUT2D eigenvalue weighted by atomic mass is 9.88. The van der Waals surface area contributed by atoms with Gasteiger partial charge in [0.25, 0.3) is 5.91 Å². The Bertz CT molecular complexity index is 1180. The first-order chi connectivity index (χ1) is 16.2. The van der Waals surface area contributed by atoms with E-state index in [9.17, 15) is 22.8 Å². The minimum Gasteiger partial charge on any atom is -0.497 e. The summed E-state index contributed by atoms with van der Waals surface area (Å²) >= 11 is 5.83. The lowest BCUT2D eigenvalue weighted by Gasteiger charge is -2.31. The van der Waals surface area contributed by atoms with Crippen molar-refractivity contribution in [1.29, 1.82) is 0 Å². The number of nitrogens with zero attached hydrogens (tertiary/aromatic N) is 3. The van der Waals surface area contributed by atoms with E-state index in [2.05, 4.69) is 5.10 Å². The van der Waals surface area contributed by atoms with E-state index in [1.165, 1.54) is 36.3 Å². The summed E-state index contributed by atoms with van der Waals surface area (Å²) in [6, 6.07) is 12.4. The lowest BCUT2D eigenvalue weighted by Crippen LogP contribution is -2.40. The van der Waals surface area contributed by atoms with Crippen LogP contribution >= 0.6 is 11.6 Å². The van der Waals surface area contributed by atoms with Crippen LogP contribution in [0.5, 0.6) is 5.75 Å². The maximum absolute atomic E-state index is 13.9. The van der Waals surface area contributed by atoms with Gasteiger partial charge >= 0.3 is 6.18 Å². The Morgan fingerprint density at radius 3 is 2.21 bits per heavy atom. The Hall–Kier alpha value is -3.33. The molecule has 0 aliphatic carbocycles. The Kier molecular flexibility index (Phi) is 6.65. The number of Topliss-reactive ketones (excluding diaryl/α,β-unsaturated/α-hetero) is 1. The second-order valence-electron chi connectivity index (χ2n) is 7.95. The molecule has 178 valence electrons. The number of alkyl halides is 3. The number of carbonyl (C=O) groups excluding carboxylic acids is 2. The van der Waals surface area contributed by atoms with Crippen LogP contribution in [0.1, 0.15) is 39.3 Å². The standard InChI is InChI=1S/C24H21ClF3N3O3/c1-34-19-8-2-15(3-9-19)21(32)16-10-12-30(13-11-16)23(33)20-14-29-31(22(20)24(26,27)28)18-6-4-17(25)5-7-18/h2-9,14,16H,10-13H2,1H3. The van der Waals surface area contributed by atoms with E-state index >= 15 is 0 Å². The summed E-state index contributed by atoms with van der Waals surface area (Å²) in [5.74, 6) is -0.489. The minimum absolute atomic E-state index is 0.0544. The van der Waals surface area contributed by atoms with Crippen LogP contribution in [0.4, 0.5) is 13.2 Å². The van der Waals surface area contributed by atoms with Crippen molar-refractivity contribution in [3.8, 4) is 11.4 Å². The van der Waals surface area contributed by atoms with Crippen LogP contribution in [-0.4, -0.2) is 46.6 Å². The fourth-order valence-electron chi connectivity index (χ4n) is 4.06. The number of benzene rings is 2. The van der Waals surface area contributed by atoms with Crippen LogP contribution in [0.15, 0.2) is 54.7 Å². The van der Waals surface area contributed by atoms with Crippen molar-refractivity contribution in [3.05, 3.63) is 76.6 Å². The predicted octanol–water partition coefficient (Wildman–Crippen LogP) is 5.29. The Morgan fingerprint density at radius 2 is 1.65 bits per heavy atom. The summed E-state index contributed by atoms with van der Waals surface area (Å²) in [6.45, 7) is 0.351. The predicted molar refractivity (Wildman–Crippen MR) is 120 cm³/mol. The van der Waals surface area contributed by atoms with Gasteiger partial charge in [0.2, 0.25) is 0 Å². The second kappa shape index (κ2) is 9.50. The number of hydrogen-bond donors (Lipinski definition) is 0. The van der Waals surface area contributed by atoms with Crippen molar-refractivity contribution in [3.63, 3.8) is 0 Å². The summed E-state index contributed by atoms with van der Waals surface area (Å²) in [7, 11) is 1.53. The molecule has 0 radical (unpaired) electrons. The highest BCUT2D eigenvalue weighted by Gasteiger charge is 2.42. The fraction of sp³-hybridized carbons (Fsp3) is 0.292. The van der Waals surface area contributed by atoms with E-state index < -0.39 is 23.3 Å². The number of hydrogen-bond acceptors (Lipinski definition) is 4. The van der Waals surface area contributed by atoms with Gasteiger partial charge in [0.15, 0.2) is 11.5 Å². The average molecular weight is 492 g/mol. The molecule has 1 saturated heterocycles. The minimum atomic E-state index is -4.80. The van der Waals surface area contributed by atoms with E-state index in [1.807, 2.05) is 0 Å². The number of likely N-dealkylation sites (tertiary alicyclic amines) is 1. The summed E-state index contributed by atoms with van der Waals surface area (Å²) in [6.07, 6.45) is -3.13. The van der Waals surface area contributed by atoms with Gasteiger partial charge in [0, 0.05) is 29.6 Å². The molecule has 0 saturated carbocycles. The normalized spacial score (nSPS) is 14.8. The summed E-state index contributed by atoms with van der Waals surface area (Å²) in [4.78, 5) is 27.2. The van der Waals surface area contributed by atoms with Gasteiger partial charge in [-0.25, -0.2) is 4.68 Å². The zero-order valence-electron chi connectivity index (χ0n) is 18.2. The van der Waals surface area contributed by atoms with E-state index in [0.29, 0.717) is 33.9 Å². The van der Waals surface area contributed by atoms with Crippen molar-refractivity contribution in [2.45, 2.75) is 19.0 Å². The average Bonchev–Trinajstić information content (AvgIpc) is 3.30. The maximum atomic E-state index is 13.9. The highest BCUT2D eigenvalue weighted by Crippen LogP contribution is 2.35. The molecular formula is C24H21ClF3N3O3. The molecule has 2 heterocycles. The Labute approximate surface area is 198 Å². The lowest BCUT2D eigenvalue weighted by molar-refractivity contribution is -0.143. The van der Waals surface area contributed by atoms with Gasteiger partial charge in [-0.1, -0.05) is 11.6 Å². The first kappa shape index (κ1) is 23.8. The largest absolute Gasteiger partial charge is 0.497 e. The van der Waals surface area contributed by atoms with E-state index in [-0.39, 0.29) is 30.5 Å². The van der Waals surface area contributed by atoms with Crippen molar-refractivity contribution >= 4 is 23.3 Å². The van der Waals surface area contributed by atoms with Crippen LogP contribution in [0.25, 0.3) is 5.69 Å². The van der Waals surface area contributed by atoms with Gasteiger partial charge in [-0.05, 0) is 61.4 Å². The molecule has 6 nitrogen and oxygen atoms in total. The molecule has 34 heavy (non-hydrogen) atoms. The first-order valence-corrected chi connectivity index (χ1v) is 11.0. The monoisotopic (exact) mass is 491 g/mol. The molecule has 1 aromatic heterocycles. The number of amides is 1. The second-order valence-corrected chi connectivity index (χ2v) is 8.39. The molecular weight excluding hydrogens is 471 g/mol. The number of halogens is 4. The van der Waals surface area contributed by atoms with Gasteiger partial charge in [0.1, 0.15) is 5.75 Å². The molecule has 1 aliphatic rings. The SMILES string of the molecule is COc1ccc(C(=O)C2CCN(C(=O)c3cnn(-c4ccc(Cl)cc4)c3C(F)(F)F)CC2)cc1. The number of aromatic nitrogens is 2. The zero-order valence-corrected chi connectivity index (χ0v) is 18.9. The quantitative estimate of drug-likeness (QED) is 0.455. The third-order valence-electron chi connectivity index (χ3n) is 5.87. The topological polar surface area (TPSA) is 64.4 Å². The van der Waals surface area contributed by atoms with E-state index in [1.54, 1.807) is 24.3 Å². The van der Waals surface area contributed by atoms with Crippen LogP contribution in [0.2, 0.25) is 5.02 Å². The summed E-state index contributed by atoms with van der Waals surface area (Å²) < 4.78 is 47.6. The van der Waals surface area contributed by atoms with Gasteiger partial charge < -0.3 is 9.64 Å². The van der Waals surface area contributed by atoms with Gasteiger partial charge in [0.05, 0.1) is 24.6 Å². The molecule has 0 spiro atoms. The Balaban J connectivity index is 1.50. The third-order valence-corrected chi connectivity index (χ3v) is 6.12. The van der Waals surface area contributed by atoms with Crippen LogP contribution in [0.3, 0.4) is 0 Å². The summed E-state index contributed by atoms with van der Waals surface area (Å²) in [5, 5.41) is 4.21. The van der Waals surface area contributed by atoms with E-state index in [0.717, 1.165) is 6.20 Å². The molecule has 1 amide bonds. The van der Waals surface area contributed by atoms with Crippen molar-refractivity contribution in [1.82, 2.24) is 14.7 Å². The maximum Gasteiger partial charge on any atom is 0.434 e. The molecule has 3 aromatic rings. The molecule has 0 unspecified atom stereocenters. The number of ether oxygens (including phenoxy) is 1.